The number of hydrogen-bond donors (Lipinski definition) is 1. The average Bonchev–Trinajstić information content (AvgIpc) is 1.78. The molecule has 0 aromatic carbocycles. The molecule has 2 heteroatoms. The molecule has 76 valence electrons. The Morgan fingerprint density at radius 1 is 1.38 bits per heavy atom. The maximum absolute atomic E-state index is 11.3. The second kappa shape index (κ2) is 3.41. The predicted molar refractivity (Wildman–Crippen MR) is 52.4 cm³/mol. The van der Waals surface area contributed by atoms with Gasteiger partial charge in [0.2, 0.25) is 0 Å². The predicted octanol–water partition coefficient (Wildman–Crippen LogP) is 2.01. The highest BCUT2D eigenvalue weighted by Gasteiger charge is 2.40. The number of aliphatic hydroxyl groups is 1. The van der Waals surface area contributed by atoms with Gasteiger partial charge in [-0.05, 0) is 31.1 Å². The standard InChI is InChI=1S/C11H20O2/c1-7-5-11(3,4)6-9(13)10(7)8(2)12/h7,9-10,13H,5-6H2,1-4H3. The molecule has 0 aromatic rings. The molecular formula is C11H20O2. The first-order chi connectivity index (χ1) is 5.83. The highest BCUT2D eigenvalue weighted by atomic mass is 16.3. The van der Waals surface area contributed by atoms with E-state index in [1.54, 1.807) is 6.92 Å². The summed E-state index contributed by atoms with van der Waals surface area (Å²) in [4.78, 5) is 11.3. The van der Waals surface area contributed by atoms with Crippen molar-refractivity contribution in [3.8, 4) is 0 Å². The summed E-state index contributed by atoms with van der Waals surface area (Å²) in [6, 6.07) is 0. The van der Waals surface area contributed by atoms with Crippen LogP contribution in [0.1, 0.15) is 40.5 Å². The molecule has 0 saturated heterocycles. The number of carbonyl (C=O) groups is 1. The molecule has 0 bridgehead atoms. The van der Waals surface area contributed by atoms with Gasteiger partial charge in [0.1, 0.15) is 5.78 Å². The van der Waals surface area contributed by atoms with Crippen LogP contribution >= 0.6 is 0 Å². The Morgan fingerprint density at radius 3 is 2.31 bits per heavy atom. The van der Waals surface area contributed by atoms with Gasteiger partial charge in [-0.1, -0.05) is 20.8 Å². The Bertz CT molecular complexity index is 194. The van der Waals surface area contributed by atoms with Crippen molar-refractivity contribution >= 4 is 5.78 Å². The van der Waals surface area contributed by atoms with E-state index in [-0.39, 0.29) is 17.1 Å². The van der Waals surface area contributed by atoms with Crippen LogP contribution in [0.2, 0.25) is 0 Å². The van der Waals surface area contributed by atoms with Gasteiger partial charge in [-0.15, -0.1) is 0 Å². The summed E-state index contributed by atoms with van der Waals surface area (Å²) in [6.45, 7) is 7.96. The highest BCUT2D eigenvalue weighted by molar-refractivity contribution is 5.79. The maximum atomic E-state index is 11.3. The Labute approximate surface area is 80.3 Å². The molecule has 0 aliphatic heterocycles. The topological polar surface area (TPSA) is 37.3 Å². The molecule has 1 aliphatic carbocycles. The average molecular weight is 184 g/mol. The van der Waals surface area contributed by atoms with Gasteiger partial charge in [0.25, 0.3) is 0 Å². The molecule has 1 N–H and O–H groups in total. The fourth-order valence-corrected chi connectivity index (χ4v) is 2.83. The minimum atomic E-state index is -0.434. The summed E-state index contributed by atoms with van der Waals surface area (Å²) in [7, 11) is 0. The van der Waals surface area contributed by atoms with Crippen molar-refractivity contribution in [2.75, 3.05) is 0 Å². The monoisotopic (exact) mass is 184 g/mol. The van der Waals surface area contributed by atoms with Gasteiger partial charge in [0.05, 0.1) is 6.10 Å². The van der Waals surface area contributed by atoms with E-state index < -0.39 is 6.10 Å². The van der Waals surface area contributed by atoms with E-state index in [0.29, 0.717) is 5.92 Å². The zero-order valence-corrected chi connectivity index (χ0v) is 9.00. The molecule has 0 heterocycles. The van der Waals surface area contributed by atoms with Crippen LogP contribution in [0, 0.1) is 17.3 Å². The van der Waals surface area contributed by atoms with Gasteiger partial charge >= 0.3 is 0 Å². The molecule has 0 amide bonds. The highest BCUT2D eigenvalue weighted by Crippen LogP contribution is 2.41. The van der Waals surface area contributed by atoms with Crippen LogP contribution in [-0.2, 0) is 4.79 Å². The van der Waals surface area contributed by atoms with Gasteiger partial charge in [-0.25, -0.2) is 0 Å². The third kappa shape index (κ3) is 2.31. The number of hydrogen-bond acceptors (Lipinski definition) is 2. The molecule has 1 rings (SSSR count). The Morgan fingerprint density at radius 2 is 1.92 bits per heavy atom. The van der Waals surface area contributed by atoms with Crippen LogP contribution in [0.4, 0.5) is 0 Å². The summed E-state index contributed by atoms with van der Waals surface area (Å²) in [5.74, 6) is 0.319. The van der Waals surface area contributed by atoms with Gasteiger partial charge in [0, 0.05) is 5.92 Å². The lowest BCUT2D eigenvalue weighted by Crippen LogP contribution is -2.42. The molecular weight excluding hydrogens is 164 g/mol. The quantitative estimate of drug-likeness (QED) is 0.677. The molecule has 0 spiro atoms. The lowest BCUT2D eigenvalue weighted by molar-refractivity contribution is -0.131. The van der Waals surface area contributed by atoms with Crippen LogP contribution in [0.3, 0.4) is 0 Å². The van der Waals surface area contributed by atoms with Gasteiger partial charge in [-0.2, -0.15) is 0 Å². The van der Waals surface area contributed by atoms with E-state index in [4.69, 9.17) is 0 Å². The molecule has 2 nitrogen and oxygen atoms in total. The SMILES string of the molecule is CC(=O)C1C(C)CC(C)(C)CC1O. The van der Waals surface area contributed by atoms with Crippen molar-refractivity contribution in [3.63, 3.8) is 0 Å². The first-order valence-electron chi connectivity index (χ1n) is 5.02. The fourth-order valence-electron chi connectivity index (χ4n) is 2.83. The minimum Gasteiger partial charge on any atom is -0.392 e. The van der Waals surface area contributed by atoms with Crippen molar-refractivity contribution < 1.29 is 9.90 Å². The van der Waals surface area contributed by atoms with Gasteiger partial charge in [-0.3, -0.25) is 4.79 Å². The maximum Gasteiger partial charge on any atom is 0.135 e. The van der Waals surface area contributed by atoms with Gasteiger partial charge in [0.15, 0.2) is 0 Å². The third-order valence-electron chi connectivity index (χ3n) is 3.13. The summed E-state index contributed by atoms with van der Waals surface area (Å²) >= 11 is 0. The molecule has 1 aliphatic rings. The summed E-state index contributed by atoms with van der Waals surface area (Å²) in [6.07, 6.45) is 1.35. The van der Waals surface area contributed by atoms with Crippen molar-refractivity contribution in [3.05, 3.63) is 0 Å². The number of carbonyl (C=O) groups excluding carboxylic acids is 1. The van der Waals surface area contributed by atoms with Crippen LogP contribution in [0.15, 0.2) is 0 Å². The third-order valence-corrected chi connectivity index (χ3v) is 3.13. The number of Topliss-reactive ketones (excluding diaryl/α,β-unsaturated/α-hetero) is 1. The number of ketones is 1. The number of rotatable bonds is 1. The molecule has 1 fully saturated rings. The molecule has 3 unspecified atom stereocenters. The van der Waals surface area contributed by atoms with Crippen molar-refractivity contribution in [1.82, 2.24) is 0 Å². The molecule has 0 radical (unpaired) electrons. The summed E-state index contributed by atoms with van der Waals surface area (Å²) in [5.41, 5.74) is 0.185. The molecule has 0 aromatic heterocycles. The fraction of sp³-hybridized carbons (Fsp3) is 0.909. The Hall–Kier alpha value is -0.370. The number of aliphatic hydroxyl groups excluding tert-OH is 1. The molecule has 3 atom stereocenters. The van der Waals surface area contributed by atoms with Crippen LogP contribution in [-0.4, -0.2) is 17.0 Å². The summed E-state index contributed by atoms with van der Waals surface area (Å²) < 4.78 is 0. The minimum absolute atomic E-state index is 0.131. The first kappa shape index (κ1) is 10.7. The van der Waals surface area contributed by atoms with E-state index in [9.17, 15) is 9.90 Å². The Kier molecular flexibility index (Phi) is 2.81. The second-order valence-electron chi connectivity index (χ2n) is 5.25. The van der Waals surface area contributed by atoms with Crippen LogP contribution in [0.5, 0.6) is 0 Å². The molecule has 13 heavy (non-hydrogen) atoms. The lowest BCUT2D eigenvalue weighted by atomic mass is 9.65. The van der Waals surface area contributed by atoms with Crippen molar-refractivity contribution in [2.45, 2.75) is 46.6 Å². The lowest BCUT2D eigenvalue weighted by Gasteiger charge is -2.41. The first-order valence-corrected chi connectivity index (χ1v) is 5.02. The van der Waals surface area contributed by atoms with E-state index in [2.05, 4.69) is 20.8 Å². The zero-order chi connectivity index (χ0) is 10.2. The van der Waals surface area contributed by atoms with E-state index in [1.165, 1.54) is 0 Å². The van der Waals surface area contributed by atoms with E-state index in [0.717, 1.165) is 12.8 Å². The van der Waals surface area contributed by atoms with Crippen LogP contribution in [0.25, 0.3) is 0 Å². The molecule has 1 saturated carbocycles. The second-order valence-corrected chi connectivity index (χ2v) is 5.25. The smallest absolute Gasteiger partial charge is 0.135 e. The van der Waals surface area contributed by atoms with Gasteiger partial charge < -0.3 is 5.11 Å². The van der Waals surface area contributed by atoms with Crippen LogP contribution < -0.4 is 0 Å². The van der Waals surface area contributed by atoms with E-state index in [1.807, 2.05) is 0 Å². The van der Waals surface area contributed by atoms with Crippen molar-refractivity contribution in [2.24, 2.45) is 17.3 Å². The van der Waals surface area contributed by atoms with Crippen molar-refractivity contribution in [1.29, 1.82) is 0 Å². The zero-order valence-electron chi connectivity index (χ0n) is 9.00. The normalized spacial score (nSPS) is 38.7. The Balaban J connectivity index is 2.76. The largest absolute Gasteiger partial charge is 0.392 e. The van der Waals surface area contributed by atoms with E-state index >= 15 is 0 Å². The summed E-state index contributed by atoms with van der Waals surface area (Å²) in [5, 5.41) is 9.82.